The highest BCUT2D eigenvalue weighted by atomic mass is 32.2. The number of aryl methyl sites for hydroxylation is 1. The van der Waals surface area contributed by atoms with E-state index in [1.165, 1.54) is 5.56 Å². The van der Waals surface area contributed by atoms with Crippen molar-refractivity contribution < 1.29 is 4.42 Å². The number of nitrogens with one attached hydrogen (secondary N) is 2. The molecule has 0 aliphatic carbocycles. The van der Waals surface area contributed by atoms with Crippen LogP contribution in [0, 0.1) is 6.92 Å². The lowest BCUT2D eigenvalue weighted by Crippen LogP contribution is -2.30. The van der Waals surface area contributed by atoms with E-state index in [0.717, 1.165) is 29.5 Å². The van der Waals surface area contributed by atoms with Crippen LogP contribution in [0.5, 0.6) is 0 Å². The number of anilines is 1. The molecule has 0 aliphatic rings. The van der Waals surface area contributed by atoms with Crippen LogP contribution in [0.25, 0.3) is 0 Å². The second-order valence-electron chi connectivity index (χ2n) is 4.38. The molecule has 20 heavy (non-hydrogen) atoms. The fourth-order valence-electron chi connectivity index (χ4n) is 1.62. The molecule has 1 aromatic carbocycles. The summed E-state index contributed by atoms with van der Waals surface area (Å²) < 4.78 is 5.27. The molecule has 0 atom stereocenters. The number of thiocarbonyl (C=S) groups is 1. The van der Waals surface area contributed by atoms with Gasteiger partial charge >= 0.3 is 0 Å². The van der Waals surface area contributed by atoms with Crippen molar-refractivity contribution in [3.63, 3.8) is 0 Å². The Labute approximate surface area is 129 Å². The van der Waals surface area contributed by atoms with Crippen molar-refractivity contribution in [3.05, 3.63) is 54.0 Å². The maximum absolute atomic E-state index is 5.27. The zero-order valence-electron chi connectivity index (χ0n) is 11.4. The van der Waals surface area contributed by atoms with E-state index in [0.29, 0.717) is 5.11 Å². The van der Waals surface area contributed by atoms with E-state index in [1.54, 1.807) is 6.26 Å². The maximum Gasteiger partial charge on any atom is 0.170 e. The van der Waals surface area contributed by atoms with Crippen molar-refractivity contribution in [2.24, 2.45) is 0 Å². The molecule has 0 aliphatic heterocycles. The van der Waals surface area contributed by atoms with E-state index in [9.17, 15) is 0 Å². The fourth-order valence-corrected chi connectivity index (χ4v) is 2.59. The van der Waals surface area contributed by atoms with Gasteiger partial charge in [0.1, 0.15) is 5.76 Å². The summed E-state index contributed by atoms with van der Waals surface area (Å²) in [5.41, 5.74) is 2.25. The van der Waals surface area contributed by atoms with E-state index in [4.69, 9.17) is 16.6 Å². The Morgan fingerprint density at radius 3 is 2.75 bits per heavy atom. The first kappa shape index (κ1) is 14.9. The largest absolute Gasteiger partial charge is 0.468 e. The first-order chi connectivity index (χ1) is 9.74. The smallest absolute Gasteiger partial charge is 0.170 e. The summed E-state index contributed by atoms with van der Waals surface area (Å²) in [4.78, 5) is 0. The molecule has 0 spiro atoms. The van der Waals surface area contributed by atoms with Gasteiger partial charge in [0.25, 0.3) is 0 Å². The number of hydrogen-bond donors (Lipinski definition) is 2. The molecule has 0 saturated carbocycles. The lowest BCUT2D eigenvalue weighted by Gasteiger charge is -2.10. The van der Waals surface area contributed by atoms with Crippen LogP contribution in [0.4, 0.5) is 5.69 Å². The Balaban J connectivity index is 1.59. The topological polar surface area (TPSA) is 37.2 Å². The Morgan fingerprint density at radius 1 is 1.25 bits per heavy atom. The lowest BCUT2D eigenvalue weighted by atomic mass is 10.2. The van der Waals surface area contributed by atoms with Crippen molar-refractivity contribution in [2.75, 3.05) is 17.6 Å². The van der Waals surface area contributed by atoms with E-state index in [1.807, 2.05) is 36.0 Å². The summed E-state index contributed by atoms with van der Waals surface area (Å²) >= 11 is 7.07. The number of furan rings is 1. The third-order valence-electron chi connectivity index (χ3n) is 2.67. The van der Waals surface area contributed by atoms with Gasteiger partial charge in [-0.05, 0) is 43.4 Å². The molecule has 2 aromatic rings. The molecule has 0 unspecified atom stereocenters. The van der Waals surface area contributed by atoms with E-state index < -0.39 is 0 Å². The van der Waals surface area contributed by atoms with Crippen LogP contribution in [-0.4, -0.2) is 17.4 Å². The Bertz CT molecular complexity index is 523. The van der Waals surface area contributed by atoms with Gasteiger partial charge in [-0.1, -0.05) is 17.7 Å². The van der Waals surface area contributed by atoms with Gasteiger partial charge in [-0.3, -0.25) is 0 Å². The van der Waals surface area contributed by atoms with E-state index in [2.05, 4.69) is 29.7 Å². The van der Waals surface area contributed by atoms with Crippen molar-refractivity contribution in [2.45, 2.75) is 12.7 Å². The van der Waals surface area contributed by atoms with E-state index in [-0.39, 0.29) is 0 Å². The normalized spacial score (nSPS) is 10.2. The standard InChI is InChI=1S/C15H18N2OS2/c1-12-4-6-13(7-5-12)17-15(19)16-8-10-20-11-14-3-2-9-18-14/h2-7,9H,8,10-11H2,1H3,(H2,16,17,19). The van der Waals surface area contributed by atoms with Crippen LogP contribution >= 0.6 is 24.0 Å². The molecule has 1 heterocycles. The Kier molecular flexibility index (Phi) is 5.95. The molecular weight excluding hydrogens is 288 g/mol. The highest BCUT2D eigenvalue weighted by Gasteiger charge is 1.98. The van der Waals surface area contributed by atoms with Crippen LogP contribution in [0.1, 0.15) is 11.3 Å². The highest BCUT2D eigenvalue weighted by Crippen LogP contribution is 2.11. The van der Waals surface area contributed by atoms with Crippen molar-refractivity contribution >= 4 is 34.8 Å². The molecule has 2 N–H and O–H groups in total. The monoisotopic (exact) mass is 306 g/mol. The Morgan fingerprint density at radius 2 is 2.05 bits per heavy atom. The maximum atomic E-state index is 5.27. The van der Waals surface area contributed by atoms with E-state index >= 15 is 0 Å². The van der Waals surface area contributed by atoms with Crippen LogP contribution in [0.15, 0.2) is 47.1 Å². The molecule has 0 saturated heterocycles. The van der Waals surface area contributed by atoms with Gasteiger partial charge in [0.2, 0.25) is 0 Å². The minimum atomic E-state index is 0.660. The molecule has 0 radical (unpaired) electrons. The number of hydrogen-bond acceptors (Lipinski definition) is 3. The second-order valence-corrected chi connectivity index (χ2v) is 5.89. The predicted molar refractivity (Wildman–Crippen MR) is 90.3 cm³/mol. The van der Waals surface area contributed by atoms with Crippen molar-refractivity contribution in [1.29, 1.82) is 0 Å². The third kappa shape index (κ3) is 5.27. The van der Waals surface area contributed by atoms with Gasteiger partial charge in [-0.2, -0.15) is 11.8 Å². The molecule has 0 bridgehead atoms. The van der Waals surface area contributed by atoms with Crippen LogP contribution in [0.3, 0.4) is 0 Å². The zero-order chi connectivity index (χ0) is 14.2. The van der Waals surface area contributed by atoms with Gasteiger partial charge in [0.15, 0.2) is 5.11 Å². The van der Waals surface area contributed by atoms with Crippen LogP contribution in [-0.2, 0) is 5.75 Å². The quantitative estimate of drug-likeness (QED) is 0.627. The summed E-state index contributed by atoms with van der Waals surface area (Å²) in [7, 11) is 0. The lowest BCUT2D eigenvalue weighted by molar-refractivity contribution is 0.530. The van der Waals surface area contributed by atoms with Crippen LogP contribution < -0.4 is 10.6 Å². The van der Waals surface area contributed by atoms with Gasteiger partial charge in [0.05, 0.1) is 12.0 Å². The molecule has 1 aromatic heterocycles. The third-order valence-corrected chi connectivity index (χ3v) is 3.89. The molecule has 3 nitrogen and oxygen atoms in total. The van der Waals surface area contributed by atoms with Crippen LogP contribution in [0.2, 0.25) is 0 Å². The average Bonchev–Trinajstić information content (AvgIpc) is 2.94. The minimum Gasteiger partial charge on any atom is -0.468 e. The predicted octanol–water partition coefficient (Wildman–Crippen LogP) is 3.81. The molecule has 2 rings (SSSR count). The summed E-state index contributed by atoms with van der Waals surface area (Å²) in [6.07, 6.45) is 1.70. The highest BCUT2D eigenvalue weighted by molar-refractivity contribution is 7.98. The fraction of sp³-hybridized carbons (Fsp3) is 0.267. The molecule has 106 valence electrons. The first-order valence-corrected chi connectivity index (χ1v) is 8.02. The number of rotatable bonds is 6. The zero-order valence-corrected chi connectivity index (χ0v) is 13.0. The number of thioether (sulfide) groups is 1. The molecule has 0 fully saturated rings. The molecule has 0 amide bonds. The minimum absolute atomic E-state index is 0.660. The van der Waals surface area contributed by atoms with Gasteiger partial charge in [0, 0.05) is 18.0 Å². The number of benzene rings is 1. The summed E-state index contributed by atoms with van der Waals surface area (Å²) in [6, 6.07) is 12.1. The van der Waals surface area contributed by atoms with Gasteiger partial charge in [-0.15, -0.1) is 0 Å². The summed E-state index contributed by atoms with van der Waals surface area (Å²) in [5.74, 6) is 2.89. The summed E-state index contributed by atoms with van der Waals surface area (Å²) in [6.45, 7) is 2.90. The second kappa shape index (κ2) is 7.97. The Hall–Kier alpha value is -1.46. The van der Waals surface area contributed by atoms with Gasteiger partial charge < -0.3 is 15.1 Å². The first-order valence-electron chi connectivity index (χ1n) is 6.46. The molecule has 5 heteroatoms. The SMILES string of the molecule is Cc1ccc(NC(=S)NCCSCc2ccco2)cc1. The molecular formula is C15H18N2OS2. The van der Waals surface area contributed by atoms with Gasteiger partial charge in [-0.25, -0.2) is 0 Å². The average molecular weight is 306 g/mol. The van der Waals surface area contributed by atoms with Crippen molar-refractivity contribution in [3.8, 4) is 0 Å². The summed E-state index contributed by atoms with van der Waals surface area (Å²) in [5, 5.41) is 7.02. The van der Waals surface area contributed by atoms with Crippen molar-refractivity contribution in [1.82, 2.24) is 5.32 Å².